The third-order valence-corrected chi connectivity index (χ3v) is 9.32. The molecule has 0 saturated heterocycles. The number of ether oxygens (including phenoxy) is 1. The summed E-state index contributed by atoms with van der Waals surface area (Å²) in [6.45, 7) is 12.2. The average Bonchev–Trinajstić information content (AvgIpc) is 3.72. The lowest BCUT2D eigenvalue weighted by atomic mass is 9.92. The molecule has 0 fully saturated rings. The van der Waals surface area contributed by atoms with Crippen molar-refractivity contribution in [3.05, 3.63) is 89.8 Å². The molecule has 4 aliphatic heterocycles. The minimum absolute atomic E-state index is 0.116. The second kappa shape index (κ2) is 10.7. The quantitative estimate of drug-likeness (QED) is 0.409. The molecule has 0 aromatic carbocycles. The zero-order valence-corrected chi connectivity index (χ0v) is 26.1. The van der Waals surface area contributed by atoms with Crippen molar-refractivity contribution in [2.75, 3.05) is 7.11 Å². The first kappa shape index (κ1) is 29.3. The molecule has 6 rings (SSSR count). The van der Waals surface area contributed by atoms with Crippen molar-refractivity contribution in [2.45, 2.75) is 67.2 Å². The van der Waals surface area contributed by atoms with Crippen LogP contribution in [0.5, 0.6) is 0 Å². The lowest BCUT2D eigenvalue weighted by molar-refractivity contribution is -0.143. The predicted molar refractivity (Wildman–Crippen MR) is 171 cm³/mol. The molecular formula is C35H36N4O5. The summed E-state index contributed by atoms with van der Waals surface area (Å²) in [6, 6.07) is 0. The first-order chi connectivity index (χ1) is 21.0. The summed E-state index contributed by atoms with van der Waals surface area (Å²) in [4.78, 5) is 43.6. The van der Waals surface area contributed by atoms with Gasteiger partial charge < -0.3 is 19.9 Å². The second-order valence-electron chi connectivity index (χ2n) is 11.6. The predicted octanol–water partition coefficient (Wildman–Crippen LogP) is 4.76. The van der Waals surface area contributed by atoms with Crippen LogP contribution in [-0.2, 0) is 20.7 Å². The van der Waals surface area contributed by atoms with E-state index < -0.39 is 17.9 Å². The number of aliphatic imine (C=N–C) groups is 3. The summed E-state index contributed by atoms with van der Waals surface area (Å²) in [5.74, 6) is -2.85. The van der Waals surface area contributed by atoms with Crippen LogP contribution in [0.1, 0.15) is 65.0 Å². The van der Waals surface area contributed by atoms with Gasteiger partial charge in [0.15, 0.2) is 0 Å². The van der Waals surface area contributed by atoms with Crippen molar-refractivity contribution in [3.8, 4) is 0 Å². The first-order valence-corrected chi connectivity index (χ1v) is 15.0. The van der Waals surface area contributed by atoms with Crippen LogP contribution in [-0.4, -0.2) is 51.4 Å². The number of aliphatic hydroxyl groups excluding tert-OH is 1. The van der Waals surface area contributed by atoms with Gasteiger partial charge in [-0.1, -0.05) is 13.8 Å². The van der Waals surface area contributed by atoms with Crippen LogP contribution in [0.3, 0.4) is 0 Å². The van der Waals surface area contributed by atoms with Gasteiger partial charge in [-0.05, 0) is 104 Å². The Morgan fingerprint density at radius 3 is 2.25 bits per heavy atom. The van der Waals surface area contributed by atoms with Crippen molar-refractivity contribution >= 4 is 41.2 Å². The van der Waals surface area contributed by atoms with E-state index in [-0.39, 0.29) is 18.6 Å². The highest BCUT2D eigenvalue weighted by molar-refractivity contribution is 6.27. The molecule has 0 unspecified atom stereocenters. The molecule has 0 spiro atoms. The van der Waals surface area contributed by atoms with Gasteiger partial charge >= 0.3 is 11.9 Å². The van der Waals surface area contributed by atoms with Crippen molar-refractivity contribution in [3.63, 3.8) is 0 Å². The van der Waals surface area contributed by atoms with Gasteiger partial charge in [0.05, 0.1) is 41.3 Å². The minimum atomic E-state index is -1.13. The molecule has 0 radical (unpaired) electrons. The van der Waals surface area contributed by atoms with E-state index in [1.54, 1.807) is 0 Å². The number of aromatic amines is 1. The Labute approximate surface area is 255 Å². The summed E-state index contributed by atoms with van der Waals surface area (Å²) < 4.78 is 5.15. The number of carboxylic acids is 1. The topological polar surface area (TPSA) is 137 Å². The molecule has 9 nitrogen and oxygen atoms in total. The van der Waals surface area contributed by atoms with E-state index in [2.05, 4.69) is 38.8 Å². The summed E-state index contributed by atoms with van der Waals surface area (Å²) in [5, 5.41) is 23.0. The minimum Gasteiger partial charge on any atom is -0.510 e. The fourth-order valence-electron chi connectivity index (χ4n) is 6.87. The summed E-state index contributed by atoms with van der Waals surface area (Å²) >= 11 is 0. The first-order valence-electron chi connectivity index (χ1n) is 15.0. The Balaban J connectivity index is 1.74. The molecule has 1 aromatic heterocycles. The van der Waals surface area contributed by atoms with Gasteiger partial charge in [-0.2, -0.15) is 0 Å². The van der Waals surface area contributed by atoms with Crippen LogP contribution in [0, 0.1) is 12.8 Å². The molecule has 226 valence electrons. The monoisotopic (exact) mass is 592 g/mol. The molecule has 1 atom stereocenters. The average molecular weight is 593 g/mol. The number of carboxylic acid groups (broad SMARTS) is 1. The lowest BCUT2D eigenvalue weighted by Gasteiger charge is -2.15. The molecule has 0 amide bonds. The number of hydrogen-bond donors (Lipinski definition) is 3. The maximum absolute atomic E-state index is 13.2. The molecule has 1 aliphatic carbocycles. The van der Waals surface area contributed by atoms with E-state index in [9.17, 15) is 19.8 Å². The number of rotatable bonds is 6. The van der Waals surface area contributed by atoms with Crippen molar-refractivity contribution < 1.29 is 24.5 Å². The number of esters is 1. The molecule has 5 heterocycles. The van der Waals surface area contributed by atoms with E-state index in [1.165, 1.54) is 12.7 Å². The van der Waals surface area contributed by atoms with Crippen LogP contribution in [0.25, 0.3) is 12.2 Å². The number of aliphatic hydroxyl groups is 1. The van der Waals surface area contributed by atoms with Crippen LogP contribution in [0.15, 0.2) is 82.9 Å². The van der Waals surface area contributed by atoms with E-state index in [1.807, 2.05) is 26.0 Å². The highest BCUT2D eigenvalue weighted by Gasteiger charge is 2.47. The number of nitrogens with zero attached hydrogens (tertiary/aromatic N) is 3. The van der Waals surface area contributed by atoms with Crippen molar-refractivity contribution in [1.82, 2.24) is 4.98 Å². The highest BCUT2D eigenvalue weighted by atomic mass is 16.5. The van der Waals surface area contributed by atoms with Crippen LogP contribution in [0.2, 0.25) is 0 Å². The zero-order chi connectivity index (χ0) is 31.6. The molecule has 1 aromatic rings. The molecule has 9 heteroatoms. The number of carbonyl (C=O) groups excluding carboxylic acids is 1. The highest BCUT2D eigenvalue weighted by Crippen LogP contribution is 2.47. The Hall–Kier alpha value is -4.79. The third-order valence-electron chi connectivity index (χ3n) is 9.32. The SMILES string of the molecule is CCC1=C(C)C2=NC1=CC1=C(C)C3=C(O)[C@H](C(=O)OC)C(=C4N=C(C=c5[nH]c(c(CC)c5C)=C2)C(C)=C4CCC(=O)O)C3=N1. The molecule has 3 N–H and O–H groups in total. The van der Waals surface area contributed by atoms with Gasteiger partial charge in [0.25, 0.3) is 0 Å². The number of carbonyl (C=O) groups is 2. The van der Waals surface area contributed by atoms with Crippen LogP contribution >= 0.6 is 0 Å². The number of hydrogen-bond acceptors (Lipinski definition) is 7. The molecule has 8 bridgehead atoms. The van der Waals surface area contributed by atoms with Gasteiger partial charge in [-0.3, -0.25) is 9.59 Å². The van der Waals surface area contributed by atoms with E-state index in [0.717, 1.165) is 62.8 Å². The van der Waals surface area contributed by atoms with E-state index >= 15 is 0 Å². The van der Waals surface area contributed by atoms with Crippen molar-refractivity contribution in [2.24, 2.45) is 20.9 Å². The third kappa shape index (κ3) is 4.32. The fourth-order valence-corrected chi connectivity index (χ4v) is 6.87. The maximum atomic E-state index is 13.2. The number of aromatic nitrogens is 1. The van der Waals surface area contributed by atoms with Gasteiger partial charge in [0.2, 0.25) is 0 Å². The van der Waals surface area contributed by atoms with Gasteiger partial charge in [0.1, 0.15) is 11.7 Å². The Kier molecular flexibility index (Phi) is 7.14. The molecular weight excluding hydrogens is 556 g/mol. The Bertz CT molecular complexity index is 2000. The summed E-state index contributed by atoms with van der Waals surface area (Å²) in [5.41, 5.74) is 11.5. The zero-order valence-electron chi connectivity index (χ0n) is 26.1. The second-order valence-corrected chi connectivity index (χ2v) is 11.6. The number of H-pyrrole nitrogens is 1. The van der Waals surface area contributed by atoms with Crippen molar-refractivity contribution in [1.29, 1.82) is 0 Å². The number of nitrogens with one attached hydrogen (secondary N) is 1. The standard InChI is InChI=1S/C35H36N4O5/c1-8-19-15(3)22-12-24-17(5)21(10-11-28(40)41)32(38-24)30-31(35(43)44-7)34(42)29-18(6)25(39-33(29)30)14-27-20(9-2)16(4)23(37-27)13-26(19)36-22/h12-14,31,36,42H,8-11H2,1-7H3,(H,40,41)/t31-/m1/s1. The van der Waals surface area contributed by atoms with Gasteiger partial charge in [-0.15, -0.1) is 0 Å². The number of allylic oxidation sites excluding steroid dienone is 7. The van der Waals surface area contributed by atoms with Gasteiger partial charge in [-0.25, -0.2) is 15.0 Å². The maximum Gasteiger partial charge on any atom is 0.321 e. The van der Waals surface area contributed by atoms with Crippen LogP contribution < -0.4 is 10.7 Å². The molecule has 0 saturated carbocycles. The summed E-state index contributed by atoms with van der Waals surface area (Å²) in [6.07, 6.45) is 7.71. The number of methoxy groups -OCH3 is 1. The lowest BCUT2D eigenvalue weighted by Crippen LogP contribution is -2.21. The molecule has 5 aliphatic rings. The summed E-state index contributed by atoms with van der Waals surface area (Å²) in [7, 11) is 1.28. The van der Waals surface area contributed by atoms with Crippen LogP contribution in [0.4, 0.5) is 0 Å². The smallest absolute Gasteiger partial charge is 0.321 e. The normalized spacial score (nSPS) is 20.7. The largest absolute Gasteiger partial charge is 0.510 e. The Morgan fingerprint density at radius 2 is 1.59 bits per heavy atom. The molecule has 44 heavy (non-hydrogen) atoms. The number of fused-ring (bicyclic) bond motifs is 5. The Morgan fingerprint density at radius 1 is 0.909 bits per heavy atom. The van der Waals surface area contributed by atoms with Gasteiger partial charge in [0, 0.05) is 28.3 Å². The number of aliphatic carboxylic acids is 1. The fraction of sp³-hybridized carbons (Fsp3) is 0.343. The van der Waals surface area contributed by atoms with E-state index in [4.69, 9.17) is 19.7 Å². The van der Waals surface area contributed by atoms with E-state index in [0.29, 0.717) is 39.5 Å².